The summed E-state index contributed by atoms with van der Waals surface area (Å²) < 4.78 is 19.8. The van der Waals surface area contributed by atoms with E-state index in [1.54, 1.807) is 4.90 Å². The van der Waals surface area contributed by atoms with Gasteiger partial charge in [-0.15, -0.1) is 0 Å². The van der Waals surface area contributed by atoms with Crippen molar-refractivity contribution in [3.63, 3.8) is 0 Å². The molecular formula is C16H23FN2O3. The molecule has 1 N–H and O–H groups in total. The number of carbonyl (C=O) groups excluding carboxylic acids is 2. The van der Waals surface area contributed by atoms with Crippen LogP contribution in [-0.4, -0.2) is 54.2 Å². The van der Waals surface area contributed by atoms with E-state index in [1.807, 2.05) is 0 Å². The number of piperidine rings is 1. The number of likely N-dealkylation sites (tertiary alicyclic amines) is 1. The van der Waals surface area contributed by atoms with Gasteiger partial charge in [-0.2, -0.15) is 0 Å². The van der Waals surface area contributed by atoms with Gasteiger partial charge < -0.3 is 15.0 Å². The molecule has 0 radical (unpaired) electrons. The van der Waals surface area contributed by atoms with Crippen LogP contribution in [0.15, 0.2) is 0 Å². The van der Waals surface area contributed by atoms with Crippen molar-refractivity contribution in [2.45, 2.75) is 62.8 Å². The molecule has 122 valence electrons. The van der Waals surface area contributed by atoms with E-state index in [0.717, 1.165) is 19.3 Å². The first-order valence-electron chi connectivity index (χ1n) is 8.44. The molecule has 4 fully saturated rings. The number of carbonyl (C=O) groups is 2. The lowest BCUT2D eigenvalue weighted by Crippen LogP contribution is -2.60. The lowest BCUT2D eigenvalue weighted by molar-refractivity contribution is -0.151. The second kappa shape index (κ2) is 4.91. The highest BCUT2D eigenvalue weighted by molar-refractivity contribution is 5.90. The van der Waals surface area contributed by atoms with Gasteiger partial charge >= 0.3 is 0 Å². The summed E-state index contributed by atoms with van der Waals surface area (Å²) in [6.07, 6.45) is 4.98. The second-order valence-corrected chi connectivity index (χ2v) is 7.35. The summed E-state index contributed by atoms with van der Waals surface area (Å²) in [7, 11) is 0. The molecule has 2 amide bonds. The number of nitrogens with one attached hydrogen (secondary N) is 1. The summed E-state index contributed by atoms with van der Waals surface area (Å²) in [5, 5.41) is 3.11. The van der Waals surface area contributed by atoms with Crippen LogP contribution in [0.2, 0.25) is 0 Å². The minimum atomic E-state index is -1.65. The third-order valence-electron chi connectivity index (χ3n) is 5.87. The predicted octanol–water partition coefficient (Wildman–Crippen LogP) is 1.16. The molecule has 6 heteroatoms. The fourth-order valence-corrected chi connectivity index (χ4v) is 3.93. The topological polar surface area (TPSA) is 58.6 Å². The van der Waals surface area contributed by atoms with Crippen molar-refractivity contribution in [3.8, 4) is 0 Å². The van der Waals surface area contributed by atoms with Crippen LogP contribution in [0.3, 0.4) is 0 Å². The number of rotatable bonds is 3. The Labute approximate surface area is 129 Å². The fraction of sp³-hybridized carbons (Fsp3) is 0.875. The number of hydrogen-bond donors (Lipinski definition) is 1. The average molecular weight is 310 g/mol. The van der Waals surface area contributed by atoms with Crippen LogP contribution in [0.25, 0.3) is 0 Å². The van der Waals surface area contributed by atoms with Crippen molar-refractivity contribution in [2.24, 2.45) is 5.41 Å². The van der Waals surface area contributed by atoms with Gasteiger partial charge in [0.15, 0.2) is 5.67 Å². The van der Waals surface area contributed by atoms with Crippen molar-refractivity contribution in [1.29, 1.82) is 0 Å². The number of hydrogen-bond acceptors (Lipinski definition) is 3. The molecule has 5 nitrogen and oxygen atoms in total. The minimum absolute atomic E-state index is 0.000838. The summed E-state index contributed by atoms with van der Waals surface area (Å²) in [4.78, 5) is 26.7. The normalized spacial score (nSPS) is 36.4. The summed E-state index contributed by atoms with van der Waals surface area (Å²) in [5.41, 5.74) is -2.33. The third-order valence-corrected chi connectivity index (χ3v) is 5.87. The third kappa shape index (κ3) is 2.14. The molecule has 2 aliphatic carbocycles. The number of fused-ring (bicyclic) bond motifs is 1. The molecule has 4 rings (SSSR count). The zero-order valence-electron chi connectivity index (χ0n) is 12.8. The molecular weight excluding hydrogens is 287 g/mol. The highest BCUT2D eigenvalue weighted by atomic mass is 19.1. The van der Waals surface area contributed by atoms with E-state index in [2.05, 4.69) is 5.32 Å². The SMILES string of the molecule is O=C(N1CC[C@H]2OCC[C@@]2(C(=O)NC2CCC2)C1)C1(F)CC1. The van der Waals surface area contributed by atoms with Crippen LogP contribution in [0.4, 0.5) is 4.39 Å². The van der Waals surface area contributed by atoms with Crippen molar-refractivity contribution < 1.29 is 18.7 Å². The van der Waals surface area contributed by atoms with Crippen molar-refractivity contribution in [1.82, 2.24) is 10.2 Å². The van der Waals surface area contributed by atoms with Gasteiger partial charge in [0.1, 0.15) is 0 Å². The Morgan fingerprint density at radius 3 is 2.59 bits per heavy atom. The highest BCUT2D eigenvalue weighted by Crippen LogP contribution is 2.46. The second-order valence-electron chi connectivity index (χ2n) is 7.35. The summed E-state index contributed by atoms with van der Waals surface area (Å²) in [5.74, 6) is -0.422. The Balaban J connectivity index is 1.51. The molecule has 0 spiro atoms. The molecule has 0 bridgehead atoms. The number of amides is 2. The molecule has 0 aromatic heterocycles. The van der Waals surface area contributed by atoms with Gasteiger partial charge in [0.2, 0.25) is 5.91 Å². The van der Waals surface area contributed by atoms with Crippen LogP contribution in [-0.2, 0) is 14.3 Å². The Kier molecular flexibility index (Phi) is 3.22. The average Bonchev–Trinajstić information content (AvgIpc) is 3.07. The van der Waals surface area contributed by atoms with Crippen molar-refractivity contribution >= 4 is 11.8 Å². The van der Waals surface area contributed by atoms with E-state index >= 15 is 0 Å². The standard InChI is InChI=1S/C16H23FN2O3/c17-16(5-6-16)14(21)19-8-4-12-15(10-19,7-9-22-12)13(20)18-11-2-1-3-11/h11-12H,1-10H2,(H,18,20)/t12-,15-/m1/s1. The molecule has 2 atom stereocenters. The Morgan fingerprint density at radius 1 is 1.18 bits per heavy atom. The number of halogens is 1. The predicted molar refractivity (Wildman–Crippen MR) is 76.8 cm³/mol. The first-order chi connectivity index (χ1) is 10.5. The van der Waals surface area contributed by atoms with Gasteiger partial charge in [-0.25, -0.2) is 4.39 Å². The molecule has 2 saturated heterocycles. The number of nitrogens with zero attached hydrogens (tertiary/aromatic N) is 1. The summed E-state index contributed by atoms with van der Waals surface area (Å²) in [6, 6.07) is 0.269. The van der Waals surface area contributed by atoms with Crippen LogP contribution < -0.4 is 5.32 Å². The lowest BCUT2D eigenvalue weighted by atomic mass is 9.75. The summed E-state index contributed by atoms with van der Waals surface area (Å²) in [6.45, 7) is 1.35. The van der Waals surface area contributed by atoms with E-state index in [0.29, 0.717) is 45.4 Å². The van der Waals surface area contributed by atoms with Crippen LogP contribution >= 0.6 is 0 Å². The van der Waals surface area contributed by atoms with Gasteiger partial charge in [0, 0.05) is 25.7 Å². The molecule has 0 aromatic rings. The van der Waals surface area contributed by atoms with Gasteiger partial charge in [0.05, 0.1) is 11.5 Å². The summed E-state index contributed by atoms with van der Waals surface area (Å²) >= 11 is 0. The van der Waals surface area contributed by atoms with Crippen LogP contribution in [0, 0.1) is 5.41 Å². The molecule has 4 aliphatic rings. The fourth-order valence-electron chi connectivity index (χ4n) is 3.93. The molecule has 0 aromatic carbocycles. The quantitative estimate of drug-likeness (QED) is 0.851. The molecule has 2 aliphatic heterocycles. The van der Waals surface area contributed by atoms with Crippen molar-refractivity contribution in [2.75, 3.05) is 19.7 Å². The van der Waals surface area contributed by atoms with E-state index < -0.39 is 17.0 Å². The zero-order valence-corrected chi connectivity index (χ0v) is 12.8. The monoisotopic (exact) mass is 310 g/mol. The minimum Gasteiger partial charge on any atom is -0.377 e. The van der Waals surface area contributed by atoms with Gasteiger partial charge in [-0.3, -0.25) is 9.59 Å². The smallest absolute Gasteiger partial charge is 0.260 e. The molecule has 2 heterocycles. The van der Waals surface area contributed by atoms with E-state index in [9.17, 15) is 14.0 Å². The molecule has 22 heavy (non-hydrogen) atoms. The number of alkyl halides is 1. The van der Waals surface area contributed by atoms with Gasteiger partial charge in [-0.05, 0) is 44.9 Å². The maximum atomic E-state index is 14.1. The Bertz CT molecular complexity index is 504. The molecule has 2 saturated carbocycles. The first kappa shape index (κ1) is 14.4. The Morgan fingerprint density at radius 2 is 1.95 bits per heavy atom. The molecule has 0 unspecified atom stereocenters. The van der Waals surface area contributed by atoms with Crippen LogP contribution in [0.5, 0.6) is 0 Å². The zero-order chi connectivity index (χ0) is 15.4. The largest absolute Gasteiger partial charge is 0.377 e. The van der Waals surface area contributed by atoms with E-state index in [4.69, 9.17) is 4.74 Å². The first-order valence-corrected chi connectivity index (χ1v) is 8.44. The van der Waals surface area contributed by atoms with Gasteiger partial charge in [0.25, 0.3) is 5.91 Å². The lowest BCUT2D eigenvalue weighted by Gasteiger charge is -2.44. The van der Waals surface area contributed by atoms with Crippen LogP contribution in [0.1, 0.15) is 44.9 Å². The Hall–Kier alpha value is -1.17. The maximum absolute atomic E-state index is 14.1. The highest BCUT2D eigenvalue weighted by Gasteiger charge is 2.58. The number of ether oxygens (including phenoxy) is 1. The van der Waals surface area contributed by atoms with Gasteiger partial charge in [-0.1, -0.05) is 0 Å². The maximum Gasteiger partial charge on any atom is 0.260 e. The van der Waals surface area contributed by atoms with E-state index in [-0.39, 0.29) is 18.1 Å². The van der Waals surface area contributed by atoms with Crippen molar-refractivity contribution in [3.05, 3.63) is 0 Å². The van der Waals surface area contributed by atoms with E-state index in [1.165, 1.54) is 0 Å².